The van der Waals surface area contributed by atoms with Crippen LogP contribution in [0.3, 0.4) is 0 Å². The zero-order chi connectivity index (χ0) is 16.9. The largest absolute Gasteiger partial charge is 0.349 e. The van der Waals surface area contributed by atoms with Gasteiger partial charge in [0.05, 0.1) is 0 Å². The molecule has 2 amide bonds. The number of hydrogen-bond acceptors (Lipinski definition) is 2. The fourth-order valence-electron chi connectivity index (χ4n) is 2.30. The molecule has 24 heavy (non-hydrogen) atoms. The van der Waals surface area contributed by atoms with Crippen molar-refractivity contribution < 1.29 is 9.59 Å². The molecule has 0 atom stereocenters. The fourth-order valence-corrected chi connectivity index (χ4v) is 2.30. The first-order chi connectivity index (χ1) is 11.6. The Hall–Kier alpha value is -2.88. The molecule has 0 spiro atoms. The van der Waals surface area contributed by atoms with E-state index in [0.717, 1.165) is 24.1 Å². The van der Waals surface area contributed by atoms with Crippen molar-refractivity contribution in [2.75, 3.05) is 11.9 Å². The summed E-state index contributed by atoms with van der Waals surface area (Å²) in [5.41, 5.74) is 2.37. The molecular formula is C20H20N2O2. The second-order valence-corrected chi connectivity index (χ2v) is 5.94. The topological polar surface area (TPSA) is 49.4 Å². The van der Waals surface area contributed by atoms with Gasteiger partial charge in [-0.1, -0.05) is 30.3 Å². The van der Waals surface area contributed by atoms with Gasteiger partial charge in [-0.2, -0.15) is 0 Å². The summed E-state index contributed by atoms with van der Waals surface area (Å²) in [6, 6.07) is 17.1. The highest BCUT2D eigenvalue weighted by Crippen LogP contribution is 2.19. The fraction of sp³-hybridized carbons (Fsp3) is 0.200. The van der Waals surface area contributed by atoms with Crippen molar-refractivity contribution in [2.24, 2.45) is 0 Å². The lowest BCUT2D eigenvalue weighted by Gasteiger charge is -2.14. The standard InChI is InChI=1S/C20H20N2O2/c1-22(18-5-3-2-4-6-18)19(23)14-9-15-7-10-16(11-8-15)20(24)21-17-12-13-17/h2-11,14,17H,12-13H2,1H3,(H,21,24)/b14-9+. The van der Waals surface area contributed by atoms with Crippen LogP contribution in [0.4, 0.5) is 5.69 Å². The molecule has 122 valence electrons. The lowest BCUT2D eigenvalue weighted by molar-refractivity contribution is -0.113. The van der Waals surface area contributed by atoms with Gasteiger partial charge < -0.3 is 10.2 Å². The number of rotatable bonds is 5. The molecule has 2 aromatic carbocycles. The van der Waals surface area contributed by atoms with Crippen LogP contribution in [0.5, 0.6) is 0 Å². The first-order valence-corrected chi connectivity index (χ1v) is 8.05. The van der Waals surface area contributed by atoms with Crippen molar-refractivity contribution >= 4 is 23.6 Å². The SMILES string of the molecule is CN(C(=O)/C=C/c1ccc(C(=O)NC2CC2)cc1)c1ccccc1. The van der Waals surface area contributed by atoms with Crippen molar-refractivity contribution in [3.05, 3.63) is 71.8 Å². The van der Waals surface area contributed by atoms with Gasteiger partial charge in [0.2, 0.25) is 0 Å². The summed E-state index contributed by atoms with van der Waals surface area (Å²) >= 11 is 0. The van der Waals surface area contributed by atoms with Crippen molar-refractivity contribution in [3.63, 3.8) is 0 Å². The summed E-state index contributed by atoms with van der Waals surface area (Å²) in [4.78, 5) is 25.7. The minimum atomic E-state index is -0.100. The van der Waals surface area contributed by atoms with E-state index in [1.54, 1.807) is 30.2 Å². The number of para-hydroxylation sites is 1. The lowest BCUT2D eigenvalue weighted by Crippen LogP contribution is -2.25. The molecule has 1 aliphatic rings. The van der Waals surface area contributed by atoms with Crippen molar-refractivity contribution in [1.29, 1.82) is 0 Å². The van der Waals surface area contributed by atoms with Crippen LogP contribution in [-0.4, -0.2) is 24.9 Å². The van der Waals surface area contributed by atoms with Gasteiger partial charge in [0.1, 0.15) is 0 Å². The Morgan fingerprint density at radius 2 is 1.71 bits per heavy atom. The van der Waals surface area contributed by atoms with Crippen molar-refractivity contribution in [2.45, 2.75) is 18.9 Å². The average Bonchev–Trinajstić information content (AvgIpc) is 3.44. The molecule has 3 rings (SSSR count). The molecule has 0 saturated heterocycles. The number of likely N-dealkylation sites (N-methyl/N-ethyl adjacent to an activating group) is 1. The first-order valence-electron chi connectivity index (χ1n) is 8.05. The Labute approximate surface area is 141 Å². The van der Waals surface area contributed by atoms with E-state index in [2.05, 4.69) is 5.32 Å². The number of hydrogen-bond donors (Lipinski definition) is 1. The number of carbonyl (C=O) groups excluding carboxylic acids is 2. The van der Waals surface area contributed by atoms with E-state index in [4.69, 9.17) is 0 Å². The lowest BCUT2D eigenvalue weighted by atomic mass is 10.1. The average molecular weight is 320 g/mol. The highest BCUT2D eigenvalue weighted by Gasteiger charge is 2.23. The Morgan fingerprint density at radius 3 is 2.33 bits per heavy atom. The van der Waals surface area contributed by atoms with Crippen LogP contribution in [0.25, 0.3) is 6.08 Å². The van der Waals surface area contributed by atoms with Gasteiger partial charge in [-0.3, -0.25) is 9.59 Å². The molecule has 4 nitrogen and oxygen atoms in total. The Morgan fingerprint density at radius 1 is 1.04 bits per heavy atom. The number of benzene rings is 2. The van der Waals surface area contributed by atoms with Crippen LogP contribution in [0, 0.1) is 0 Å². The van der Waals surface area contributed by atoms with E-state index in [-0.39, 0.29) is 11.8 Å². The van der Waals surface area contributed by atoms with E-state index < -0.39 is 0 Å². The van der Waals surface area contributed by atoms with E-state index in [0.29, 0.717) is 11.6 Å². The zero-order valence-electron chi connectivity index (χ0n) is 13.6. The first kappa shape index (κ1) is 16.0. The highest BCUT2D eigenvalue weighted by molar-refractivity contribution is 6.03. The van der Waals surface area contributed by atoms with Gasteiger partial charge >= 0.3 is 0 Å². The minimum absolute atomic E-state index is 0.0343. The summed E-state index contributed by atoms with van der Waals surface area (Å²) in [5, 5.41) is 2.96. The third-order valence-corrected chi connectivity index (χ3v) is 3.98. The summed E-state index contributed by atoms with van der Waals surface area (Å²) in [6.07, 6.45) is 5.43. The summed E-state index contributed by atoms with van der Waals surface area (Å²) in [7, 11) is 1.74. The number of nitrogens with zero attached hydrogens (tertiary/aromatic N) is 1. The highest BCUT2D eigenvalue weighted by atomic mass is 16.2. The molecule has 2 aromatic rings. The monoisotopic (exact) mass is 320 g/mol. The molecule has 0 heterocycles. The van der Waals surface area contributed by atoms with Crippen molar-refractivity contribution in [3.8, 4) is 0 Å². The second-order valence-electron chi connectivity index (χ2n) is 5.94. The molecule has 0 aromatic heterocycles. The number of amides is 2. The molecular weight excluding hydrogens is 300 g/mol. The molecule has 1 fully saturated rings. The van der Waals surface area contributed by atoms with Crippen LogP contribution in [0.15, 0.2) is 60.7 Å². The third-order valence-electron chi connectivity index (χ3n) is 3.98. The maximum Gasteiger partial charge on any atom is 0.251 e. The van der Waals surface area contributed by atoms with Crippen LogP contribution in [0.2, 0.25) is 0 Å². The van der Waals surface area contributed by atoms with Gasteiger partial charge in [0.25, 0.3) is 11.8 Å². The van der Waals surface area contributed by atoms with Crippen LogP contribution >= 0.6 is 0 Å². The second kappa shape index (κ2) is 7.13. The number of nitrogens with one attached hydrogen (secondary N) is 1. The van der Waals surface area contributed by atoms with Crippen molar-refractivity contribution in [1.82, 2.24) is 5.32 Å². The summed E-state index contributed by atoms with van der Waals surface area (Å²) < 4.78 is 0. The maximum atomic E-state index is 12.2. The Bertz CT molecular complexity index is 747. The van der Waals surface area contributed by atoms with Gasteiger partial charge in [-0.15, -0.1) is 0 Å². The Kier molecular flexibility index (Phi) is 4.75. The third kappa shape index (κ3) is 4.10. The molecule has 1 aliphatic carbocycles. The number of anilines is 1. The van der Waals surface area contributed by atoms with Crippen LogP contribution in [-0.2, 0) is 4.79 Å². The molecule has 1 N–H and O–H groups in total. The van der Waals surface area contributed by atoms with Gasteiger partial charge in [0.15, 0.2) is 0 Å². The molecule has 4 heteroatoms. The van der Waals surface area contributed by atoms with E-state index in [1.165, 1.54) is 6.08 Å². The summed E-state index contributed by atoms with van der Waals surface area (Å²) in [6.45, 7) is 0. The molecule has 0 aliphatic heterocycles. The quantitative estimate of drug-likeness (QED) is 0.860. The van der Waals surface area contributed by atoms with Gasteiger partial charge in [0, 0.05) is 30.4 Å². The van der Waals surface area contributed by atoms with Crippen LogP contribution in [0.1, 0.15) is 28.8 Å². The minimum Gasteiger partial charge on any atom is -0.349 e. The number of carbonyl (C=O) groups is 2. The zero-order valence-corrected chi connectivity index (χ0v) is 13.6. The molecule has 0 bridgehead atoms. The van der Waals surface area contributed by atoms with Crippen LogP contribution < -0.4 is 10.2 Å². The van der Waals surface area contributed by atoms with E-state index >= 15 is 0 Å². The van der Waals surface area contributed by atoms with E-state index in [9.17, 15) is 9.59 Å². The normalized spacial score (nSPS) is 13.7. The predicted molar refractivity (Wildman–Crippen MR) is 95.8 cm³/mol. The molecule has 0 unspecified atom stereocenters. The van der Waals surface area contributed by atoms with Gasteiger partial charge in [-0.05, 0) is 48.7 Å². The Balaban J connectivity index is 1.61. The molecule has 1 saturated carbocycles. The van der Waals surface area contributed by atoms with E-state index in [1.807, 2.05) is 42.5 Å². The van der Waals surface area contributed by atoms with Gasteiger partial charge in [-0.25, -0.2) is 0 Å². The smallest absolute Gasteiger partial charge is 0.251 e. The predicted octanol–water partition coefficient (Wildman–Crippen LogP) is 3.26. The maximum absolute atomic E-state index is 12.2. The molecule has 0 radical (unpaired) electrons. The summed E-state index contributed by atoms with van der Waals surface area (Å²) in [5.74, 6) is -0.135.